The van der Waals surface area contributed by atoms with Crippen LogP contribution in [0.5, 0.6) is 0 Å². The zero-order chi connectivity index (χ0) is 12.0. The molecular formula is C11H20N2O3. The number of hydrogen-bond acceptors (Lipinski definition) is 4. The van der Waals surface area contributed by atoms with E-state index in [-0.39, 0.29) is 24.3 Å². The number of methoxy groups -OCH3 is 1. The Morgan fingerprint density at radius 2 is 2.00 bits per heavy atom. The number of nitrogens with zero attached hydrogens (tertiary/aromatic N) is 1. The Balaban J connectivity index is 2.21. The predicted octanol–water partition coefficient (Wildman–Crippen LogP) is -0.198. The summed E-state index contributed by atoms with van der Waals surface area (Å²) in [4.78, 5) is 24.3. The maximum atomic E-state index is 11.3. The molecule has 5 heteroatoms. The van der Waals surface area contributed by atoms with E-state index in [0.29, 0.717) is 6.54 Å². The zero-order valence-corrected chi connectivity index (χ0v) is 9.99. The second-order valence-corrected chi connectivity index (χ2v) is 4.22. The van der Waals surface area contributed by atoms with Gasteiger partial charge in [-0.05, 0) is 12.8 Å². The number of ketones is 1. The lowest BCUT2D eigenvalue weighted by atomic mass is 10.0. The summed E-state index contributed by atoms with van der Waals surface area (Å²) >= 11 is 0. The van der Waals surface area contributed by atoms with Gasteiger partial charge in [-0.3, -0.25) is 14.5 Å². The lowest BCUT2D eigenvalue weighted by Gasteiger charge is -2.31. The van der Waals surface area contributed by atoms with Gasteiger partial charge in [0.05, 0.1) is 6.54 Å². The number of piperidine rings is 1. The van der Waals surface area contributed by atoms with E-state index in [1.165, 1.54) is 14.0 Å². The highest BCUT2D eigenvalue weighted by Gasteiger charge is 2.20. The number of carbonyl (C=O) groups excluding carboxylic acids is 2. The van der Waals surface area contributed by atoms with Crippen molar-refractivity contribution in [1.82, 2.24) is 10.2 Å². The second-order valence-electron chi connectivity index (χ2n) is 4.22. The number of amides is 1. The van der Waals surface area contributed by atoms with E-state index in [1.807, 2.05) is 0 Å². The number of carbonyl (C=O) groups is 2. The Morgan fingerprint density at radius 1 is 1.38 bits per heavy atom. The summed E-state index contributed by atoms with van der Waals surface area (Å²) in [7, 11) is 1.53. The molecule has 5 nitrogen and oxygen atoms in total. The second kappa shape index (κ2) is 6.60. The third-order valence-corrected chi connectivity index (χ3v) is 2.70. The van der Waals surface area contributed by atoms with Crippen molar-refractivity contribution in [3.8, 4) is 0 Å². The molecule has 1 amide bonds. The molecule has 0 saturated carbocycles. The van der Waals surface area contributed by atoms with Crippen molar-refractivity contribution in [1.29, 1.82) is 0 Å². The van der Waals surface area contributed by atoms with Gasteiger partial charge < -0.3 is 10.1 Å². The highest BCUT2D eigenvalue weighted by Crippen LogP contribution is 2.09. The first kappa shape index (κ1) is 13.1. The first-order chi connectivity index (χ1) is 7.61. The predicted molar refractivity (Wildman–Crippen MR) is 60.2 cm³/mol. The number of rotatable bonds is 5. The fraction of sp³-hybridized carbons (Fsp3) is 0.818. The van der Waals surface area contributed by atoms with Gasteiger partial charge in [0.15, 0.2) is 5.78 Å². The Bertz CT molecular complexity index is 248. The smallest absolute Gasteiger partial charge is 0.217 e. The molecule has 1 aliphatic rings. The molecule has 1 heterocycles. The van der Waals surface area contributed by atoms with E-state index in [4.69, 9.17) is 4.74 Å². The zero-order valence-electron chi connectivity index (χ0n) is 9.99. The van der Waals surface area contributed by atoms with E-state index < -0.39 is 0 Å². The number of hydrogen-bond donors (Lipinski definition) is 1. The number of nitrogens with one attached hydrogen (secondary N) is 1. The van der Waals surface area contributed by atoms with Crippen LogP contribution >= 0.6 is 0 Å². The number of Topliss-reactive ketones (excluding diaryl/α,β-unsaturated/α-hetero) is 1. The molecule has 1 saturated heterocycles. The molecule has 1 N–H and O–H groups in total. The van der Waals surface area contributed by atoms with Gasteiger partial charge in [0.1, 0.15) is 6.61 Å². The molecule has 0 aliphatic carbocycles. The maximum absolute atomic E-state index is 11.3. The van der Waals surface area contributed by atoms with Crippen LogP contribution in [-0.4, -0.2) is 56.0 Å². The Labute approximate surface area is 96.1 Å². The van der Waals surface area contributed by atoms with Crippen molar-refractivity contribution in [2.24, 2.45) is 0 Å². The average molecular weight is 228 g/mol. The molecule has 1 rings (SSSR count). The SMILES string of the molecule is COCC(=O)CN1CCC(NC(C)=O)CC1. The van der Waals surface area contributed by atoms with Crippen molar-refractivity contribution < 1.29 is 14.3 Å². The number of likely N-dealkylation sites (tertiary alicyclic amines) is 1. The highest BCUT2D eigenvalue weighted by molar-refractivity contribution is 5.81. The van der Waals surface area contributed by atoms with Crippen LogP contribution < -0.4 is 5.32 Å². The lowest BCUT2D eigenvalue weighted by molar-refractivity contribution is -0.124. The molecule has 0 bridgehead atoms. The van der Waals surface area contributed by atoms with E-state index in [9.17, 15) is 9.59 Å². The Morgan fingerprint density at radius 3 is 2.50 bits per heavy atom. The molecular weight excluding hydrogens is 208 g/mol. The van der Waals surface area contributed by atoms with Crippen LogP contribution in [0.15, 0.2) is 0 Å². The van der Waals surface area contributed by atoms with Crippen molar-refractivity contribution in [3.63, 3.8) is 0 Å². The van der Waals surface area contributed by atoms with Crippen molar-refractivity contribution in [2.75, 3.05) is 33.4 Å². The van der Waals surface area contributed by atoms with Gasteiger partial charge >= 0.3 is 0 Å². The van der Waals surface area contributed by atoms with Crippen molar-refractivity contribution >= 4 is 11.7 Å². The molecule has 0 aromatic carbocycles. The quantitative estimate of drug-likeness (QED) is 0.708. The summed E-state index contributed by atoms with van der Waals surface area (Å²) in [5, 5.41) is 2.91. The third-order valence-electron chi connectivity index (χ3n) is 2.70. The van der Waals surface area contributed by atoms with Gasteiger partial charge in [-0.25, -0.2) is 0 Å². The topological polar surface area (TPSA) is 58.6 Å². The third kappa shape index (κ3) is 4.72. The fourth-order valence-corrected chi connectivity index (χ4v) is 1.98. The van der Waals surface area contributed by atoms with Crippen LogP contribution in [-0.2, 0) is 14.3 Å². The van der Waals surface area contributed by atoms with Crippen LogP contribution in [0.1, 0.15) is 19.8 Å². The molecule has 0 unspecified atom stereocenters. The molecule has 16 heavy (non-hydrogen) atoms. The molecule has 0 atom stereocenters. The highest BCUT2D eigenvalue weighted by atomic mass is 16.5. The molecule has 0 aromatic rings. The first-order valence-electron chi connectivity index (χ1n) is 5.62. The largest absolute Gasteiger partial charge is 0.377 e. The van der Waals surface area contributed by atoms with Crippen LogP contribution in [0.3, 0.4) is 0 Å². The Hall–Kier alpha value is -0.940. The molecule has 92 valence electrons. The summed E-state index contributed by atoms with van der Waals surface area (Å²) < 4.78 is 4.79. The molecule has 0 spiro atoms. The average Bonchev–Trinajstić information content (AvgIpc) is 2.20. The van der Waals surface area contributed by atoms with E-state index >= 15 is 0 Å². The minimum absolute atomic E-state index is 0.0221. The summed E-state index contributed by atoms with van der Waals surface area (Å²) in [6.07, 6.45) is 1.83. The van der Waals surface area contributed by atoms with E-state index in [0.717, 1.165) is 25.9 Å². The summed E-state index contributed by atoms with van der Waals surface area (Å²) in [6, 6.07) is 0.270. The first-order valence-corrected chi connectivity index (χ1v) is 5.62. The number of ether oxygens (including phenoxy) is 1. The maximum Gasteiger partial charge on any atom is 0.217 e. The van der Waals surface area contributed by atoms with Crippen molar-refractivity contribution in [3.05, 3.63) is 0 Å². The van der Waals surface area contributed by atoms with Gasteiger partial charge in [-0.1, -0.05) is 0 Å². The van der Waals surface area contributed by atoms with Crippen LogP contribution in [0.25, 0.3) is 0 Å². The molecule has 0 radical (unpaired) electrons. The Kier molecular flexibility index (Phi) is 5.42. The van der Waals surface area contributed by atoms with Gasteiger partial charge in [0, 0.05) is 33.2 Å². The summed E-state index contributed by atoms with van der Waals surface area (Å²) in [5.41, 5.74) is 0. The van der Waals surface area contributed by atoms with Gasteiger partial charge in [-0.2, -0.15) is 0 Å². The fourth-order valence-electron chi connectivity index (χ4n) is 1.98. The minimum Gasteiger partial charge on any atom is -0.377 e. The molecule has 0 aromatic heterocycles. The normalized spacial score (nSPS) is 18.4. The molecule has 1 aliphatic heterocycles. The van der Waals surface area contributed by atoms with Crippen LogP contribution in [0.2, 0.25) is 0 Å². The van der Waals surface area contributed by atoms with Crippen LogP contribution in [0.4, 0.5) is 0 Å². The monoisotopic (exact) mass is 228 g/mol. The summed E-state index contributed by atoms with van der Waals surface area (Å²) in [6.45, 7) is 3.90. The van der Waals surface area contributed by atoms with Crippen LogP contribution in [0, 0.1) is 0 Å². The van der Waals surface area contributed by atoms with Gasteiger partial charge in [0.25, 0.3) is 0 Å². The lowest BCUT2D eigenvalue weighted by Crippen LogP contribution is -2.45. The standard InChI is InChI=1S/C11H20N2O3/c1-9(14)12-10-3-5-13(6-4-10)7-11(15)8-16-2/h10H,3-8H2,1-2H3,(H,12,14). The summed E-state index contributed by atoms with van der Waals surface area (Å²) in [5.74, 6) is 0.134. The minimum atomic E-state index is 0.0221. The van der Waals surface area contributed by atoms with E-state index in [1.54, 1.807) is 0 Å². The molecule has 1 fully saturated rings. The van der Waals surface area contributed by atoms with Gasteiger partial charge in [0.2, 0.25) is 5.91 Å². The van der Waals surface area contributed by atoms with Gasteiger partial charge in [-0.15, -0.1) is 0 Å². The van der Waals surface area contributed by atoms with Crippen molar-refractivity contribution in [2.45, 2.75) is 25.8 Å². The van der Waals surface area contributed by atoms with E-state index in [2.05, 4.69) is 10.2 Å².